The molecule has 0 bridgehead atoms. The number of esters is 1. The van der Waals surface area contributed by atoms with E-state index in [1.807, 2.05) is 30.9 Å². The number of hydrogen-bond donors (Lipinski definition) is 0. The largest absolute Gasteiger partial charge is 0.462 e. The molecule has 13 heavy (non-hydrogen) atoms. The first-order valence-corrected chi connectivity index (χ1v) is 4.36. The van der Waals surface area contributed by atoms with Crippen molar-refractivity contribution in [3.8, 4) is 0 Å². The zero-order valence-corrected chi connectivity index (χ0v) is 7.99. The Hall–Kier alpha value is -1.38. The number of carbonyl (C=O) groups is 1. The molecule has 0 aromatic carbocycles. The lowest BCUT2D eigenvalue weighted by atomic mass is 10.3. The number of rotatable bonds is 3. The van der Waals surface area contributed by atoms with Gasteiger partial charge in [-0.3, -0.25) is 0 Å². The molecule has 0 spiro atoms. The zero-order chi connectivity index (χ0) is 9.68. The van der Waals surface area contributed by atoms with E-state index in [2.05, 4.69) is 0 Å². The van der Waals surface area contributed by atoms with Gasteiger partial charge in [-0.1, -0.05) is 6.92 Å². The number of nitrogens with zero attached hydrogens (tertiary/aromatic N) is 1. The molecule has 0 atom stereocenters. The number of ether oxygens (including phenoxy) is 1. The van der Waals surface area contributed by atoms with Crippen molar-refractivity contribution in [2.45, 2.75) is 13.3 Å². The van der Waals surface area contributed by atoms with E-state index in [0.717, 1.165) is 6.42 Å². The smallest absolute Gasteiger partial charge is 0.338 e. The zero-order valence-electron chi connectivity index (χ0n) is 7.99. The van der Waals surface area contributed by atoms with Crippen LogP contribution in [0, 0.1) is 0 Å². The van der Waals surface area contributed by atoms with Gasteiger partial charge in [0.15, 0.2) is 12.4 Å². The van der Waals surface area contributed by atoms with Crippen molar-refractivity contribution >= 4 is 5.97 Å². The lowest BCUT2D eigenvalue weighted by molar-refractivity contribution is -0.671. The summed E-state index contributed by atoms with van der Waals surface area (Å²) in [5.41, 5.74) is 0.603. The van der Waals surface area contributed by atoms with Crippen LogP contribution in [0.1, 0.15) is 23.7 Å². The van der Waals surface area contributed by atoms with Crippen molar-refractivity contribution in [3.63, 3.8) is 0 Å². The van der Waals surface area contributed by atoms with E-state index in [1.165, 1.54) is 0 Å². The summed E-state index contributed by atoms with van der Waals surface area (Å²) in [6.07, 6.45) is 4.50. The van der Waals surface area contributed by atoms with Gasteiger partial charge in [-0.15, -0.1) is 0 Å². The fraction of sp³-hybridized carbons (Fsp3) is 0.400. The molecule has 0 aliphatic heterocycles. The first kappa shape index (κ1) is 9.71. The summed E-state index contributed by atoms with van der Waals surface area (Å²) in [5.74, 6) is -0.248. The maximum atomic E-state index is 11.3. The Bertz CT molecular complexity index is 279. The van der Waals surface area contributed by atoms with E-state index in [1.54, 1.807) is 12.1 Å². The third kappa shape index (κ3) is 2.86. The van der Waals surface area contributed by atoms with E-state index >= 15 is 0 Å². The van der Waals surface area contributed by atoms with Crippen LogP contribution in [-0.2, 0) is 11.8 Å². The van der Waals surface area contributed by atoms with Gasteiger partial charge in [0.1, 0.15) is 7.05 Å². The quantitative estimate of drug-likeness (QED) is 0.514. The topological polar surface area (TPSA) is 30.2 Å². The highest BCUT2D eigenvalue weighted by atomic mass is 16.5. The standard InChI is InChI=1S/C10H14NO2/c1-3-8-13-10(12)9-4-6-11(2)7-5-9/h4-7H,3,8H2,1-2H3/q+1. The summed E-state index contributed by atoms with van der Waals surface area (Å²) in [5, 5.41) is 0. The summed E-state index contributed by atoms with van der Waals surface area (Å²) < 4.78 is 6.84. The molecule has 1 aromatic rings. The molecule has 1 heterocycles. The van der Waals surface area contributed by atoms with Crippen LogP contribution in [0.3, 0.4) is 0 Å². The lowest BCUT2D eigenvalue weighted by Gasteiger charge is -2.00. The average molecular weight is 180 g/mol. The van der Waals surface area contributed by atoms with Gasteiger partial charge in [-0.25, -0.2) is 9.36 Å². The summed E-state index contributed by atoms with van der Waals surface area (Å²) in [6, 6.07) is 3.50. The SMILES string of the molecule is CCCOC(=O)c1cc[n+](C)cc1. The van der Waals surface area contributed by atoms with E-state index in [0.29, 0.717) is 12.2 Å². The van der Waals surface area contributed by atoms with E-state index < -0.39 is 0 Å². The van der Waals surface area contributed by atoms with Gasteiger partial charge in [0.2, 0.25) is 0 Å². The minimum absolute atomic E-state index is 0.248. The normalized spacial score (nSPS) is 9.69. The molecular weight excluding hydrogens is 166 g/mol. The van der Waals surface area contributed by atoms with Gasteiger partial charge < -0.3 is 4.74 Å². The van der Waals surface area contributed by atoms with Gasteiger partial charge in [0.25, 0.3) is 0 Å². The Morgan fingerprint density at radius 3 is 2.62 bits per heavy atom. The van der Waals surface area contributed by atoms with E-state index in [-0.39, 0.29) is 5.97 Å². The highest BCUT2D eigenvalue weighted by Crippen LogP contribution is 1.98. The van der Waals surface area contributed by atoms with Crippen molar-refractivity contribution in [1.82, 2.24) is 0 Å². The van der Waals surface area contributed by atoms with Crippen molar-refractivity contribution in [1.29, 1.82) is 0 Å². The third-order valence-electron chi connectivity index (χ3n) is 1.65. The van der Waals surface area contributed by atoms with Crippen molar-refractivity contribution < 1.29 is 14.1 Å². The first-order valence-electron chi connectivity index (χ1n) is 4.36. The Kier molecular flexibility index (Phi) is 3.43. The number of hydrogen-bond acceptors (Lipinski definition) is 2. The van der Waals surface area contributed by atoms with Crippen LogP contribution in [0.4, 0.5) is 0 Å². The number of carbonyl (C=O) groups excluding carboxylic acids is 1. The second kappa shape index (κ2) is 4.60. The second-order valence-electron chi connectivity index (χ2n) is 2.89. The Labute approximate surface area is 78.0 Å². The maximum Gasteiger partial charge on any atom is 0.338 e. The minimum atomic E-state index is -0.248. The van der Waals surface area contributed by atoms with Crippen molar-refractivity contribution in [2.24, 2.45) is 7.05 Å². The monoisotopic (exact) mass is 180 g/mol. The molecule has 1 aromatic heterocycles. The fourth-order valence-electron chi connectivity index (χ4n) is 0.915. The molecule has 0 saturated carbocycles. The fourth-order valence-corrected chi connectivity index (χ4v) is 0.915. The highest BCUT2D eigenvalue weighted by Gasteiger charge is 2.06. The molecule has 0 saturated heterocycles. The maximum absolute atomic E-state index is 11.3. The summed E-state index contributed by atoms with van der Waals surface area (Å²) in [4.78, 5) is 11.3. The molecule has 3 heteroatoms. The molecular formula is C10H14NO2+. The summed E-state index contributed by atoms with van der Waals surface area (Å²) in [7, 11) is 1.90. The molecule has 0 radical (unpaired) electrons. The van der Waals surface area contributed by atoms with Gasteiger partial charge in [-0.2, -0.15) is 0 Å². The van der Waals surface area contributed by atoms with Crippen LogP contribution in [0.25, 0.3) is 0 Å². The Balaban J connectivity index is 2.61. The number of aromatic nitrogens is 1. The molecule has 0 aliphatic carbocycles. The average Bonchev–Trinajstić information content (AvgIpc) is 2.15. The molecule has 0 aliphatic rings. The molecule has 0 fully saturated rings. The minimum Gasteiger partial charge on any atom is -0.462 e. The van der Waals surface area contributed by atoms with Crippen LogP contribution >= 0.6 is 0 Å². The molecule has 0 N–H and O–H groups in total. The van der Waals surface area contributed by atoms with E-state index in [9.17, 15) is 4.79 Å². The summed E-state index contributed by atoms with van der Waals surface area (Å²) >= 11 is 0. The molecule has 70 valence electrons. The lowest BCUT2D eigenvalue weighted by Crippen LogP contribution is -2.26. The second-order valence-corrected chi connectivity index (χ2v) is 2.89. The third-order valence-corrected chi connectivity index (χ3v) is 1.65. The Morgan fingerprint density at radius 2 is 2.08 bits per heavy atom. The molecule has 1 rings (SSSR count). The molecule has 0 unspecified atom stereocenters. The van der Waals surface area contributed by atoms with Crippen molar-refractivity contribution in [3.05, 3.63) is 30.1 Å². The van der Waals surface area contributed by atoms with Gasteiger partial charge in [0.05, 0.1) is 12.2 Å². The van der Waals surface area contributed by atoms with Crippen LogP contribution in [0.2, 0.25) is 0 Å². The summed E-state index contributed by atoms with van der Waals surface area (Å²) in [6.45, 7) is 2.46. The first-order chi connectivity index (χ1) is 6.24. The van der Waals surface area contributed by atoms with E-state index in [4.69, 9.17) is 4.74 Å². The van der Waals surface area contributed by atoms with Crippen LogP contribution in [-0.4, -0.2) is 12.6 Å². The van der Waals surface area contributed by atoms with Crippen LogP contribution in [0.5, 0.6) is 0 Å². The number of aryl methyl sites for hydroxylation is 1. The predicted octanol–water partition coefficient (Wildman–Crippen LogP) is 1.08. The van der Waals surface area contributed by atoms with Crippen LogP contribution in [0.15, 0.2) is 24.5 Å². The van der Waals surface area contributed by atoms with Gasteiger partial charge >= 0.3 is 5.97 Å². The predicted molar refractivity (Wildman–Crippen MR) is 48.2 cm³/mol. The van der Waals surface area contributed by atoms with Gasteiger partial charge in [-0.05, 0) is 6.42 Å². The van der Waals surface area contributed by atoms with Gasteiger partial charge in [0, 0.05) is 12.1 Å². The molecule has 0 amide bonds. The van der Waals surface area contributed by atoms with Crippen LogP contribution < -0.4 is 4.57 Å². The van der Waals surface area contributed by atoms with Crippen molar-refractivity contribution in [2.75, 3.05) is 6.61 Å². The number of pyridine rings is 1. The Morgan fingerprint density at radius 1 is 1.46 bits per heavy atom. The molecule has 3 nitrogen and oxygen atoms in total. The highest BCUT2D eigenvalue weighted by molar-refractivity contribution is 5.88.